The summed E-state index contributed by atoms with van der Waals surface area (Å²) in [5.74, 6) is 0. The molecule has 0 heterocycles. The van der Waals surface area contributed by atoms with Crippen LogP contribution in [0.15, 0.2) is 0 Å². The Morgan fingerprint density at radius 1 is 1.15 bits per heavy atom. The maximum Gasteiger partial charge on any atom is 0.227 e. The van der Waals surface area contributed by atoms with E-state index < -0.39 is 20.6 Å². The molecule has 0 aliphatic heterocycles. The summed E-state index contributed by atoms with van der Waals surface area (Å²) in [6.07, 6.45) is 1.91. The molecular weight excluding hydrogens is 214 g/mol. The number of hydrogen-bond acceptors (Lipinski definition) is 4. The Balaban J connectivity index is 3.72. The van der Waals surface area contributed by atoms with Gasteiger partial charge in [0.15, 0.2) is 0 Å². The van der Waals surface area contributed by atoms with Gasteiger partial charge in [-0.05, 0) is 25.7 Å². The van der Waals surface area contributed by atoms with Crippen LogP contribution in [0.1, 0.15) is 25.7 Å². The Bertz CT molecular complexity index is 388. The van der Waals surface area contributed by atoms with Crippen molar-refractivity contribution in [2.75, 3.05) is 0 Å². The molecule has 0 bridgehead atoms. The van der Waals surface area contributed by atoms with E-state index >= 15 is 0 Å². The highest BCUT2D eigenvalue weighted by Crippen LogP contribution is 1.96. The fourth-order valence-corrected chi connectivity index (χ4v) is 1.38. The second-order valence-corrected chi connectivity index (χ2v) is 4.22. The predicted octanol–water partition coefficient (Wildman–Crippen LogP) is -0.804. The molecule has 13 heavy (non-hydrogen) atoms. The third-order valence-electron chi connectivity index (χ3n) is 1.35. The van der Waals surface area contributed by atoms with E-state index in [-0.39, 0.29) is 11.4 Å². The molecule has 0 aromatic heterocycles. The lowest BCUT2D eigenvalue weighted by molar-refractivity contribution is 0.624. The van der Waals surface area contributed by atoms with Crippen LogP contribution in [0.3, 0.4) is 0 Å². The van der Waals surface area contributed by atoms with E-state index in [1.807, 2.05) is 0 Å². The Kier molecular flexibility index (Phi) is 6.47. The summed E-state index contributed by atoms with van der Waals surface area (Å²) in [6.45, 7) is 0. The van der Waals surface area contributed by atoms with Gasteiger partial charge in [0.2, 0.25) is 20.6 Å². The van der Waals surface area contributed by atoms with Gasteiger partial charge in [-0.2, -0.15) is 16.8 Å². The van der Waals surface area contributed by atoms with E-state index in [4.69, 9.17) is 5.73 Å². The summed E-state index contributed by atoms with van der Waals surface area (Å²) in [4.78, 5) is -0.0803. The molecule has 0 aliphatic carbocycles. The van der Waals surface area contributed by atoms with Gasteiger partial charge < -0.3 is 0 Å². The highest BCUT2D eigenvalue weighted by Gasteiger charge is 1.93. The van der Waals surface area contributed by atoms with Gasteiger partial charge in [0, 0.05) is 5.37 Å². The maximum absolute atomic E-state index is 10.2. The normalized spacial score (nSPS) is 9.31. The topological polar surface area (TPSA) is 94.3 Å². The smallest absolute Gasteiger partial charge is 0.227 e. The van der Waals surface area contributed by atoms with Crippen molar-refractivity contribution in [1.29, 1.82) is 0 Å². The van der Waals surface area contributed by atoms with Crippen molar-refractivity contribution in [1.82, 2.24) is 0 Å². The average molecular weight is 225 g/mol. The predicted molar refractivity (Wildman–Crippen MR) is 51.6 cm³/mol. The highest BCUT2D eigenvalue weighted by molar-refractivity contribution is 7.72. The van der Waals surface area contributed by atoms with Gasteiger partial charge in [-0.25, -0.2) is 0 Å². The molecule has 2 N–H and O–H groups in total. The van der Waals surface area contributed by atoms with Crippen molar-refractivity contribution in [3.8, 4) is 0 Å². The monoisotopic (exact) mass is 225 g/mol. The first-order valence-electron chi connectivity index (χ1n) is 3.66. The van der Waals surface area contributed by atoms with Gasteiger partial charge in [0.25, 0.3) is 0 Å². The number of nitrogens with two attached hydrogens (primary N) is 1. The van der Waals surface area contributed by atoms with Crippen molar-refractivity contribution >= 4 is 30.9 Å². The van der Waals surface area contributed by atoms with Gasteiger partial charge in [-0.15, -0.1) is 0 Å². The molecule has 0 rings (SSSR count). The van der Waals surface area contributed by atoms with Gasteiger partial charge in [-0.1, -0.05) is 0 Å². The zero-order chi connectivity index (χ0) is 10.3. The van der Waals surface area contributed by atoms with E-state index in [0.717, 1.165) is 5.37 Å². The molecule has 0 unspecified atom stereocenters. The lowest BCUT2D eigenvalue weighted by Crippen LogP contribution is -2.12. The minimum absolute atomic E-state index is 0.0803. The number of hydrogen-bond donors (Lipinski definition) is 1. The standard InChI is InChI=1S/C6H11NO4S2/c7-6(13(10)11)4-2-1-3-5-12(8)9/h5H,1-4,7H2. The fourth-order valence-electron chi connectivity index (χ4n) is 0.706. The SMILES string of the molecule is NC(CCCCC=S(=O)=O)=S(=O)=O. The lowest BCUT2D eigenvalue weighted by Gasteiger charge is -1.93. The van der Waals surface area contributed by atoms with Crippen LogP contribution >= 0.6 is 0 Å². The van der Waals surface area contributed by atoms with Crippen molar-refractivity contribution in [3.05, 3.63) is 0 Å². The molecule has 76 valence electrons. The molecule has 0 fully saturated rings. The summed E-state index contributed by atoms with van der Waals surface area (Å²) >= 11 is 0. The first kappa shape index (κ1) is 12.3. The fraction of sp³-hybridized carbons (Fsp3) is 0.667. The van der Waals surface area contributed by atoms with E-state index in [1.165, 1.54) is 0 Å². The Morgan fingerprint density at radius 3 is 2.23 bits per heavy atom. The third kappa shape index (κ3) is 7.69. The summed E-state index contributed by atoms with van der Waals surface area (Å²) in [5, 5.41) is 1.14. The Morgan fingerprint density at radius 2 is 1.77 bits per heavy atom. The molecule has 0 spiro atoms. The number of rotatable bonds is 5. The molecule has 0 atom stereocenters. The second-order valence-electron chi connectivity index (χ2n) is 2.37. The molecule has 0 saturated heterocycles. The lowest BCUT2D eigenvalue weighted by atomic mass is 10.2. The summed E-state index contributed by atoms with van der Waals surface area (Å²) in [7, 11) is -4.44. The maximum atomic E-state index is 10.2. The Hall–Kier alpha value is -0.660. The average Bonchev–Trinajstić information content (AvgIpc) is 2.02. The van der Waals surface area contributed by atoms with Crippen molar-refractivity contribution in [2.24, 2.45) is 5.73 Å². The summed E-state index contributed by atoms with van der Waals surface area (Å²) in [6, 6.07) is 0. The van der Waals surface area contributed by atoms with E-state index in [2.05, 4.69) is 0 Å². The first-order chi connectivity index (χ1) is 6.04. The molecule has 0 aromatic carbocycles. The van der Waals surface area contributed by atoms with Crippen LogP contribution < -0.4 is 5.73 Å². The van der Waals surface area contributed by atoms with Crippen LogP contribution in [-0.4, -0.2) is 27.2 Å². The van der Waals surface area contributed by atoms with Crippen molar-refractivity contribution in [3.63, 3.8) is 0 Å². The van der Waals surface area contributed by atoms with Crippen LogP contribution in [-0.2, 0) is 20.6 Å². The zero-order valence-corrected chi connectivity index (χ0v) is 8.57. The summed E-state index contributed by atoms with van der Waals surface area (Å²) in [5.41, 5.74) is 5.13. The van der Waals surface area contributed by atoms with Crippen LogP contribution in [0.5, 0.6) is 0 Å². The molecule has 0 aromatic rings. The molecule has 5 nitrogen and oxygen atoms in total. The summed E-state index contributed by atoms with van der Waals surface area (Å²) < 4.78 is 40.4. The number of unbranched alkanes of at least 4 members (excludes halogenated alkanes) is 2. The minimum atomic E-state index is -2.31. The quantitative estimate of drug-likeness (QED) is 0.488. The third-order valence-corrected chi connectivity index (χ3v) is 2.49. The highest BCUT2D eigenvalue weighted by atomic mass is 32.2. The van der Waals surface area contributed by atoms with E-state index in [1.54, 1.807) is 0 Å². The van der Waals surface area contributed by atoms with Crippen molar-refractivity contribution < 1.29 is 16.8 Å². The van der Waals surface area contributed by atoms with Gasteiger partial charge in [0.05, 0.1) is 0 Å². The van der Waals surface area contributed by atoms with Crippen molar-refractivity contribution in [2.45, 2.75) is 25.7 Å². The molecule has 0 saturated carbocycles. The zero-order valence-electron chi connectivity index (χ0n) is 6.93. The van der Waals surface area contributed by atoms with Crippen LogP contribution in [0.2, 0.25) is 0 Å². The van der Waals surface area contributed by atoms with Gasteiger partial charge >= 0.3 is 0 Å². The van der Waals surface area contributed by atoms with Crippen LogP contribution in [0.4, 0.5) is 0 Å². The molecule has 0 radical (unpaired) electrons. The molecule has 7 heteroatoms. The molecule has 0 aliphatic rings. The van der Waals surface area contributed by atoms with Crippen LogP contribution in [0, 0.1) is 0 Å². The van der Waals surface area contributed by atoms with E-state index in [9.17, 15) is 16.8 Å². The Labute approximate surface area is 79.6 Å². The van der Waals surface area contributed by atoms with Gasteiger partial charge in [0.1, 0.15) is 4.99 Å². The molecule has 0 amide bonds. The largest absolute Gasteiger partial charge is 0.293 e. The van der Waals surface area contributed by atoms with Gasteiger partial charge in [-0.3, -0.25) is 5.73 Å². The van der Waals surface area contributed by atoms with E-state index in [0.29, 0.717) is 19.3 Å². The first-order valence-corrected chi connectivity index (χ1v) is 5.87. The van der Waals surface area contributed by atoms with Crippen LogP contribution in [0.25, 0.3) is 0 Å². The molecular formula is C6H11NO4S2. The minimum Gasteiger partial charge on any atom is -0.293 e. The second kappa shape index (κ2) is 6.81.